The van der Waals surface area contributed by atoms with Crippen LogP contribution in [-0.4, -0.2) is 25.6 Å². The molecule has 3 rings (SSSR count). The lowest BCUT2D eigenvalue weighted by Gasteiger charge is -2.46. The molecule has 1 aliphatic rings. The molecule has 2 aromatic rings. The fourth-order valence-corrected chi connectivity index (χ4v) is 8.95. The van der Waals surface area contributed by atoms with E-state index in [0.717, 1.165) is 19.4 Å². The zero-order chi connectivity index (χ0) is 18.1. The Labute approximate surface area is 153 Å². The molecule has 2 aromatic carbocycles. The first-order chi connectivity index (χ1) is 11.7. The largest absolute Gasteiger partial charge is 0.407 e. The number of rotatable bonds is 5. The van der Waals surface area contributed by atoms with Crippen LogP contribution in [0, 0.1) is 5.92 Å². The van der Waals surface area contributed by atoms with E-state index in [1.54, 1.807) is 0 Å². The summed E-state index contributed by atoms with van der Waals surface area (Å²) in [6.07, 6.45) is 1.68. The van der Waals surface area contributed by atoms with Crippen molar-refractivity contribution in [3.05, 3.63) is 60.7 Å². The highest BCUT2D eigenvalue weighted by atomic mass is 28.4. The van der Waals surface area contributed by atoms with Gasteiger partial charge in [0.1, 0.15) is 0 Å². The average Bonchev–Trinajstić information content (AvgIpc) is 2.54. The summed E-state index contributed by atoms with van der Waals surface area (Å²) < 4.78 is 6.89. The first kappa shape index (κ1) is 18.4. The van der Waals surface area contributed by atoms with E-state index in [2.05, 4.69) is 81.4 Å². The lowest BCUT2D eigenvalue weighted by Crippen LogP contribution is -2.67. The fraction of sp³-hybridized carbons (Fsp3) is 0.455. The molecule has 1 aliphatic carbocycles. The second-order valence-corrected chi connectivity index (χ2v) is 13.1. The molecule has 0 spiro atoms. The van der Waals surface area contributed by atoms with Crippen LogP contribution in [0.4, 0.5) is 0 Å². The number of benzene rings is 2. The van der Waals surface area contributed by atoms with Crippen LogP contribution in [0.25, 0.3) is 0 Å². The molecule has 0 radical (unpaired) electrons. The number of hydrogen-bond donors (Lipinski definition) is 1. The Kier molecular flexibility index (Phi) is 4.93. The van der Waals surface area contributed by atoms with Crippen molar-refractivity contribution in [2.75, 3.05) is 6.61 Å². The van der Waals surface area contributed by atoms with Gasteiger partial charge in [-0.15, -0.1) is 0 Å². The molecule has 0 saturated heterocycles. The van der Waals surface area contributed by atoms with Crippen LogP contribution in [-0.2, 0) is 4.43 Å². The molecule has 0 unspecified atom stereocenters. The molecule has 25 heavy (non-hydrogen) atoms. The van der Waals surface area contributed by atoms with E-state index < -0.39 is 13.9 Å². The zero-order valence-electron chi connectivity index (χ0n) is 15.8. The summed E-state index contributed by atoms with van der Waals surface area (Å²) in [5, 5.41) is 12.7. The van der Waals surface area contributed by atoms with Gasteiger partial charge in [0.15, 0.2) is 0 Å². The van der Waals surface area contributed by atoms with E-state index in [9.17, 15) is 5.11 Å². The smallest absolute Gasteiger partial charge is 0.261 e. The predicted octanol–water partition coefficient (Wildman–Crippen LogP) is 3.72. The zero-order valence-corrected chi connectivity index (χ0v) is 16.8. The maximum atomic E-state index is 10.1. The van der Waals surface area contributed by atoms with Gasteiger partial charge in [0.25, 0.3) is 8.32 Å². The highest BCUT2D eigenvalue weighted by molar-refractivity contribution is 6.99. The molecule has 0 aromatic heterocycles. The van der Waals surface area contributed by atoms with Gasteiger partial charge in [0.05, 0.1) is 5.60 Å². The maximum absolute atomic E-state index is 10.1. The van der Waals surface area contributed by atoms with Crippen LogP contribution in [0.5, 0.6) is 0 Å². The molecule has 1 N–H and O–H groups in total. The van der Waals surface area contributed by atoms with Crippen LogP contribution in [0.3, 0.4) is 0 Å². The standard InChI is InChI=1S/C22H30O2Si/c1-21(2,3)25(19-11-7-5-8-12-19,20-13-9-6-10-14-20)24-17-18-15-22(4,23)16-18/h5-14,18,23H,15-17H2,1-4H3. The van der Waals surface area contributed by atoms with Crippen molar-refractivity contribution in [3.63, 3.8) is 0 Å². The van der Waals surface area contributed by atoms with Crippen LogP contribution in [0.2, 0.25) is 5.04 Å². The van der Waals surface area contributed by atoms with Gasteiger partial charge in [-0.05, 0) is 41.1 Å². The van der Waals surface area contributed by atoms with Crippen molar-refractivity contribution < 1.29 is 9.53 Å². The summed E-state index contributed by atoms with van der Waals surface area (Å²) in [5.41, 5.74) is -0.501. The molecular weight excluding hydrogens is 324 g/mol. The molecular formula is C22H30O2Si. The van der Waals surface area contributed by atoms with Gasteiger partial charge in [0, 0.05) is 6.61 Å². The topological polar surface area (TPSA) is 29.5 Å². The molecule has 0 heterocycles. The van der Waals surface area contributed by atoms with E-state index >= 15 is 0 Å². The quantitative estimate of drug-likeness (QED) is 0.829. The van der Waals surface area contributed by atoms with Crippen LogP contribution >= 0.6 is 0 Å². The second kappa shape index (κ2) is 6.71. The normalized spacial score (nSPS) is 24.0. The van der Waals surface area contributed by atoms with Gasteiger partial charge in [-0.25, -0.2) is 0 Å². The van der Waals surface area contributed by atoms with Crippen molar-refractivity contribution in [2.24, 2.45) is 5.92 Å². The highest BCUT2D eigenvalue weighted by Gasteiger charge is 2.51. The Morgan fingerprint density at radius 1 is 0.960 bits per heavy atom. The van der Waals surface area contributed by atoms with Gasteiger partial charge in [-0.2, -0.15) is 0 Å². The van der Waals surface area contributed by atoms with Crippen LogP contribution in [0.15, 0.2) is 60.7 Å². The average molecular weight is 355 g/mol. The Bertz CT molecular complexity index is 641. The van der Waals surface area contributed by atoms with Gasteiger partial charge >= 0.3 is 0 Å². The minimum atomic E-state index is -2.42. The van der Waals surface area contributed by atoms with Crippen LogP contribution < -0.4 is 10.4 Å². The summed E-state index contributed by atoms with van der Waals surface area (Å²) in [7, 11) is -2.42. The number of aliphatic hydroxyl groups is 1. The minimum Gasteiger partial charge on any atom is -0.407 e. The molecule has 134 valence electrons. The van der Waals surface area contributed by atoms with E-state index in [0.29, 0.717) is 5.92 Å². The Hall–Kier alpha value is -1.42. The molecule has 2 nitrogen and oxygen atoms in total. The van der Waals surface area contributed by atoms with E-state index in [1.807, 2.05) is 6.92 Å². The van der Waals surface area contributed by atoms with E-state index in [-0.39, 0.29) is 5.04 Å². The van der Waals surface area contributed by atoms with Crippen molar-refractivity contribution >= 4 is 18.7 Å². The molecule has 1 fully saturated rings. The SMILES string of the molecule is CC1(O)CC(CO[Si](c2ccccc2)(c2ccccc2)C(C)(C)C)C1. The van der Waals surface area contributed by atoms with Crippen molar-refractivity contribution in [1.82, 2.24) is 0 Å². The van der Waals surface area contributed by atoms with E-state index in [1.165, 1.54) is 10.4 Å². The summed E-state index contributed by atoms with van der Waals surface area (Å²) in [6.45, 7) is 9.55. The summed E-state index contributed by atoms with van der Waals surface area (Å²) >= 11 is 0. The molecule has 0 amide bonds. The molecule has 0 aliphatic heterocycles. The Morgan fingerprint density at radius 3 is 1.76 bits per heavy atom. The Balaban J connectivity index is 2.00. The third-order valence-electron chi connectivity index (χ3n) is 5.41. The van der Waals surface area contributed by atoms with E-state index in [4.69, 9.17) is 4.43 Å². The highest BCUT2D eigenvalue weighted by Crippen LogP contribution is 2.41. The van der Waals surface area contributed by atoms with Gasteiger partial charge in [-0.1, -0.05) is 81.4 Å². The lowest BCUT2D eigenvalue weighted by atomic mass is 9.73. The van der Waals surface area contributed by atoms with Crippen molar-refractivity contribution in [2.45, 2.75) is 51.2 Å². The molecule has 0 atom stereocenters. The third kappa shape index (κ3) is 3.59. The molecule has 1 saturated carbocycles. The molecule has 0 bridgehead atoms. The lowest BCUT2D eigenvalue weighted by molar-refractivity contribution is -0.0701. The molecule has 3 heteroatoms. The van der Waals surface area contributed by atoms with Crippen LogP contribution in [0.1, 0.15) is 40.5 Å². The van der Waals surface area contributed by atoms with Gasteiger partial charge in [0.2, 0.25) is 0 Å². The first-order valence-electron chi connectivity index (χ1n) is 9.22. The summed E-state index contributed by atoms with van der Waals surface area (Å²) in [4.78, 5) is 0. The monoisotopic (exact) mass is 354 g/mol. The summed E-state index contributed by atoms with van der Waals surface area (Å²) in [6, 6.07) is 21.5. The third-order valence-corrected chi connectivity index (χ3v) is 10.4. The minimum absolute atomic E-state index is 0.0158. The summed E-state index contributed by atoms with van der Waals surface area (Å²) in [5.74, 6) is 0.455. The predicted molar refractivity (Wildman–Crippen MR) is 107 cm³/mol. The van der Waals surface area contributed by atoms with Gasteiger partial charge in [-0.3, -0.25) is 0 Å². The fourth-order valence-electron chi connectivity index (χ4n) is 4.31. The van der Waals surface area contributed by atoms with Crippen molar-refractivity contribution in [1.29, 1.82) is 0 Å². The first-order valence-corrected chi connectivity index (χ1v) is 11.1. The number of hydrogen-bond acceptors (Lipinski definition) is 2. The van der Waals surface area contributed by atoms with Crippen molar-refractivity contribution in [3.8, 4) is 0 Å². The van der Waals surface area contributed by atoms with Gasteiger partial charge < -0.3 is 9.53 Å². The maximum Gasteiger partial charge on any atom is 0.261 e. The Morgan fingerprint density at radius 2 is 1.40 bits per heavy atom. The second-order valence-electron chi connectivity index (χ2n) is 8.75.